The molecule has 0 aliphatic heterocycles. The van der Waals surface area contributed by atoms with Crippen LogP contribution in [0.25, 0.3) is 0 Å². The van der Waals surface area contributed by atoms with Crippen LogP contribution < -0.4 is 5.32 Å². The lowest BCUT2D eigenvalue weighted by Gasteiger charge is -2.20. The van der Waals surface area contributed by atoms with Gasteiger partial charge in [0.25, 0.3) is 0 Å². The predicted molar refractivity (Wildman–Crippen MR) is 269 cm³/mol. The Morgan fingerprint density at radius 1 is 0.452 bits per heavy atom. The van der Waals surface area contributed by atoms with Crippen LogP contribution >= 0.6 is 0 Å². The summed E-state index contributed by atoms with van der Waals surface area (Å²) in [5.74, 6) is -0.139. The van der Waals surface area contributed by atoms with E-state index in [4.69, 9.17) is 4.74 Å². The number of allylic oxidation sites excluding steroid dienone is 7. The van der Waals surface area contributed by atoms with Gasteiger partial charge in [-0.1, -0.05) is 217 Å². The Kier molecular flexibility index (Phi) is 49.6. The zero-order chi connectivity index (χ0) is 45.1. The summed E-state index contributed by atoms with van der Waals surface area (Å²) in [6.07, 6.45) is 64.0. The summed E-state index contributed by atoms with van der Waals surface area (Å²) in [6, 6.07) is -0.650. The molecule has 1 amide bonds. The lowest BCUT2D eigenvalue weighted by molar-refractivity contribution is -0.143. The van der Waals surface area contributed by atoms with Crippen molar-refractivity contribution in [1.82, 2.24) is 5.32 Å². The van der Waals surface area contributed by atoms with Crippen molar-refractivity contribution in [2.75, 3.05) is 13.2 Å². The highest BCUT2D eigenvalue weighted by Crippen LogP contribution is 2.15. The molecule has 0 bridgehead atoms. The Morgan fingerprint density at radius 2 is 0.806 bits per heavy atom. The van der Waals surface area contributed by atoms with E-state index in [1.165, 1.54) is 154 Å². The topological polar surface area (TPSA) is 95.9 Å². The number of aliphatic hydroxyl groups is 2. The molecule has 0 aromatic carbocycles. The molecule has 2 unspecified atom stereocenters. The molecule has 0 radical (unpaired) electrons. The van der Waals surface area contributed by atoms with Crippen molar-refractivity contribution in [1.29, 1.82) is 0 Å². The molecule has 0 fully saturated rings. The van der Waals surface area contributed by atoms with E-state index in [1.54, 1.807) is 6.08 Å². The maximum Gasteiger partial charge on any atom is 0.305 e. The van der Waals surface area contributed by atoms with E-state index in [0.29, 0.717) is 19.4 Å². The highest BCUT2D eigenvalue weighted by atomic mass is 16.5. The first-order valence-corrected chi connectivity index (χ1v) is 26.9. The maximum absolute atomic E-state index is 12.4. The maximum atomic E-state index is 12.4. The van der Waals surface area contributed by atoms with Crippen LogP contribution in [0.1, 0.15) is 271 Å². The van der Waals surface area contributed by atoms with Crippen LogP contribution in [0.3, 0.4) is 0 Å². The fourth-order valence-electron chi connectivity index (χ4n) is 7.89. The lowest BCUT2D eigenvalue weighted by Crippen LogP contribution is -2.45. The van der Waals surface area contributed by atoms with E-state index in [9.17, 15) is 19.8 Å². The van der Waals surface area contributed by atoms with Crippen molar-refractivity contribution in [3.05, 3.63) is 48.6 Å². The van der Waals surface area contributed by atoms with Crippen molar-refractivity contribution in [3.8, 4) is 0 Å². The molecule has 362 valence electrons. The van der Waals surface area contributed by atoms with E-state index >= 15 is 0 Å². The summed E-state index contributed by atoms with van der Waals surface area (Å²) in [5.41, 5.74) is 0. The van der Waals surface area contributed by atoms with Crippen molar-refractivity contribution in [2.45, 2.75) is 283 Å². The Labute approximate surface area is 385 Å². The number of ether oxygens (including phenoxy) is 1. The van der Waals surface area contributed by atoms with Crippen LogP contribution in [0, 0.1) is 0 Å². The molecular formula is C56H103NO5. The summed E-state index contributed by atoms with van der Waals surface area (Å²) < 4.78 is 5.44. The van der Waals surface area contributed by atoms with Crippen LogP contribution in [0.5, 0.6) is 0 Å². The van der Waals surface area contributed by atoms with Gasteiger partial charge in [0.15, 0.2) is 0 Å². The average molecular weight is 870 g/mol. The quantitative estimate of drug-likeness (QED) is 0.0322. The molecule has 0 aromatic heterocycles. The van der Waals surface area contributed by atoms with Gasteiger partial charge >= 0.3 is 5.97 Å². The van der Waals surface area contributed by atoms with E-state index in [1.807, 2.05) is 6.08 Å². The zero-order valence-corrected chi connectivity index (χ0v) is 41.1. The van der Waals surface area contributed by atoms with Gasteiger partial charge < -0.3 is 20.3 Å². The summed E-state index contributed by atoms with van der Waals surface area (Å²) in [7, 11) is 0. The third-order valence-corrected chi connectivity index (χ3v) is 12.1. The Bertz CT molecular complexity index is 1050. The minimum atomic E-state index is -0.864. The van der Waals surface area contributed by atoms with Gasteiger partial charge in [-0.2, -0.15) is 0 Å². The minimum Gasteiger partial charge on any atom is -0.466 e. The standard InChI is InChI=1S/C56H103NO5/c1-3-5-7-9-11-13-15-17-19-21-22-24-26-30-34-38-42-46-50-56(61)62-51-47-43-39-35-31-27-29-33-37-41-45-49-55(60)57-53(52-58)54(59)48-44-40-36-32-28-25-23-20-18-16-14-12-10-8-6-4-2/h13,15,19,21,31,35,44,48,53-54,58-59H,3-12,14,16-18,20,22-30,32-34,36-43,45-47,49-52H2,1-2H3,(H,57,60)/b15-13-,21-19-,35-31-,48-44+. The number of aliphatic hydroxyl groups excluding tert-OH is 2. The number of hydrogen-bond acceptors (Lipinski definition) is 5. The number of carbonyl (C=O) groups excluding carboxylic acids is 2. The van der Waals surface area contributed by atoms with E-state index < -0.39 is 12.1 Å². The molecule has 0 aromatic rings. The van der Waals surface area contributed by atoms with Crippen LogP contribution in [0.4, 0.5) is 0 Å². The highest BCUT2D eigenvalue weighted by Gasteiger charge is 2.18. The molecule has 3 N–H and O–H groups in total. The number of esters is 1. The second-order valence-electron chi connectivity index (χ2n) is 18.2. The Hall–Kier alpha value is -2.18. The molecule has 0 saturated carbocycles. The second-order valence-corrected chi connectivity index (χ2v) is 18.2. The van der Waals surface area contributed by atoms with Crippen molar-refractivity contribution in [2.24, 2.45) is 0 Å². The molecular weight excluding hydrogens is 767 g/mol. The number of rotatable bonds is 49. The number of amides is 1. The molecule has 0 aliphatic carbocycles. The van der Waals surface area contributed by atoms with Gasteiger partial charge in [-0.05, 0) is 89.9 Å². The van der Waals surface area contributed by atoms with E-state index in [0.717, 1.165) is 89.9 Å². The molecule has 6 heteroatoms. The average Bonchev–Trinajstić information content (AvgIpc) is 3.27. The Morgan fingerprint density at radius 3 is 1.26 bits per heavy atom. The molecule has 2 atom stereocenters. The van der Waals surface area contributed by atoms with Crippen LogP contribution in [-0.4, -0.2) is 47.4 Å². The summed E-state index contributed by atoms with van der Waals surface area (Å²) in [4.78, 5) is 24.5. The number of hydrogen-bond donors (Lipinski definition) is 3. The van der Waals surface area contributed by atoms with E-state index in [-0.39, 0.29) is 18.5 Å². The summed E-state index contributed by atoms with van der Waals surface area (Å²) in [6.45, 7) is 4.80. The fourth-order valence-corrected chi connectivity index (χ4v) is 7.89. The third kappa shape index (κ3) is 47.3. The fraction of sp³-hybridized carbons (Fsp3) is 0.821. The first kappa shape index (κ1) is 59.8. The first-order chi connectivity index (χ1) is 30.5. The molecule has 0 spiro atoms. The van der Waals surface area contributed by atoms with Gasteiger partial charge in [-0.3, -0.25) is 9.59 Å². The van der Waals surface area contributed by atoms with Crippen LogP contribution in [-0.2, 0) is 14.3 Å². The third-order valence-electron chi connectivity index (χ3n) is 12.1. The largest absolute Gasteiger partial charge is 0.466 e. The summed E-state index contributed by atoms with van der Waals surface area (Å²) >= 11 is 0. The highest BCUT2D eigenvalue weighted by molar-refractivity contribution is 5.76. The normalized spacial score (nSPS) is 13.0. The van der Waals surface area contributed by atoms with Crippen molar-refractivity contribution < 1.29 is 24.5 Å². The number of nitrogens with one attached hydrogen (secondary N) is 1. The van der Waals surface area contributed by atoms with Gasteiger partial charge in [0.05, 0.1) is 25.4 Å². The second kappa shape index (κ2) is 51.5. The Balaban J connectivity index is 3.55. The van der Waals surface area contributed by atoms with Crippen LogP contribution in [0.2, 0.25) is 0 Å². The lowest BCUT2D eigenvalue weighted by atomic mass is 10.0. The van der Waals surface area contributed by atoms with E-state index in [2.05, 4.69) is 55.6 Å². The molecule has 0 aliphatic rings. The summed E-state index contributed by atoms with van der Waals surface area (Å²) in [5, 5.41) is 23.1. The van der Waals surface area contributed by atoms with Gasteiger partial charge in [-0.25, -0.2) is 0 Å². The van der Waals surface area contributed by atoms with Gasteiger partial charge in [0.1, 0.15) is 0 Å². The van der Waals surface area contributed by atoms with Crippen LogP contribution in [0.15, 0.2) is 48.6 Å². The SMILES string of the molecule is CCCCCC/C=C\C/C=C\CCCCCCCCCC(=O)OCCCC/C=C\CCCCCCCC(=O)NC(CO)C(O)/C=C/CCCCCCCCCCCCCCCC. The molecule has 6 nitrogen and oxygen atoms in total. The molecule has 62 heavy (non-hydrogen) atoms. The van der Waals surface area contributed by atoms with Gasteiger partial charge in [-0.15, -0.1) is 0 Å². The predicted octanol–water partition coefficient (Wildman–Crippen LogP) is 16.2. The molecule has 0 heterocycles. The monoisotopic (exact) mass is 870 g/mol. The van der Waals surface area contributed by atoms with Crippen molar-refractivity contribution in [3.63, 3.8) is 0 Å². The van der Waals surface area contributed by atoms with Gasteiger partial charge in [0.2, 0.25) is 5.91 Å². The smallest absolute Gasteiger partial charge is 0.305 e. The number of carbonyl (C=O) groups is 2. The first-order valence-electron chi connectivity index (χ1n) is 26.9. The van der Waals surface area contributed by atoms with Gasteiger partial charge in [0, 0.05) is 12.8 Å². The number of unbranched alkanes of at least 4 members (excludes halogenated alkanes) is 32. The minimum absolute atomic E-state index is 0.0410. The molecule has 0 saturated heterocycles. The zero-order valence-electron chi connectivity index (χ0n) is 41.1. The van der Waals surface area contributed by atoms with Crippen molar-refractivity contribution >= 4 is 11.9 Å². The molecule has 0 rings (SSSR count).